The van der Waals surface area contributed by atoms with E-state index in [0.29, 0.717) is 30.8 Å². The summed E-state index contributed by atoms with van der Waals surface area (Å²) in [7, 11) is 0. The van der Waals surface area contributed by atoms with Crippen molar-refractivity contribution in [2.45, 2.75) is 61.3 Å². The molecule has 1 saturated carbocycles. The number of hydrogen-bond donors (Lipinski definition) is 0. The summed E-state index contributed by atoms with van der Waals surface area (Å²) in [6.45, 7) is 1.05. The zero-order valence-electron chi connectivity index (χ0n) is 18.1. The van der Waals surface area contributed by atoms with Crippen molar-refractivity contribution in [3.8, 4) is 11.8 Å². The lowest BCUT2D eigenvalue weighted by Crippen LogP contribution is -2.23. The van der Waals surface area contributed by atoms with Gasteiger partial charge < -0.3 is 9.47 Å². The summed E-state index contributed by atoms with van der Waals surface area (Å²) in [4.78, 5) is 17.3. The predicted octanol–water partition coefficient (Wildman–Crippen LogP) is 5.42. The highest BCUT2D eigenvalue weighted by Gasteiger charge is 2.26. The first kappa shape index (κ1) is 21.1. The van der Waals surface area contributed by atoms with Crippen LogP contribution in [0.5, 0.6) is 11.8 Å². The van der Waals surface area contributed by atoms with Gasteiger partial charge in [-0.15, -0.1) is 11.8 Å². The second kappa shape index (κ2) is 9.82. The smallest absolute Gasteiger partial charge is 0.300 e. The molecule has 166 valence electrons. The molecule has 0 spiro atoms. The van der Waals surface area contributed by atoms with E-state index in [1.54, 1.807) is 17.8 Å². The van der Waals surface area contributed by atoms with E-state index in [4.69, 9.17) is 9.47 Å². The highest BCUT2D eigenvalue weighted by atomic mass is 32.2. The molecule has 2 aliphatic rings. The number of thioether (sulfide) groups is 1. The summed E-state index contributed by atoms with van der Waals surface area (Å²) in [6, 6.07) is 20.7. The molecular weight excluding hydrogens is 420 g/mol. The molecular formula is C26H28N2O3S. The maximum absolute atomic E-state index is 12.1. The predicted molar refractivity (Wildman–Crippen MR) is 127 cm³/mol. The number of aromatic nitrogens is 2. The Bertz CT molecular complexity index is 1090. The largest absolute Gasteiger partial charge is 0.490 e. The van der Waals surface area contributed by atoms with E-state index in [1.807, 2.05) is 22.8 Å². The van der Waals surface area contributed by atoms with Crippen molar-refractivity contribution in [2.24, 2.45) is 0 Å². The van der Waals surface area contributed by atoms with Crippen LogP contribution >= 0.6 is 11.8 Å². The van der Waals surface area contributed by atoms with Crippen LogP contribution in [0.25, 0.3) is 0 Å². The maximum Gasteiger partial charge on any atom is 0.300 e. The van der Waals surface area contributed by atoms with E-state index in [-0.39, 0.29) is 11.7 Å². The number of nitrogens with zero attached hydrogens (tertiary/aromatic N) is 2. The molecule has 1 unspecified atom stereocenters. The topological polar surface area (TPSA) is 53.4 Å². The van der Waals surface area contributed by atoms with Crippen LogP contribution in [-0.2, 0) is 12.3 Å². The van der Waals surface area contributed by atoms with Crippen molar-refractivity contribution in [1.29, 1.82) is 0 Å². The molecule has 1 aliphatic heterocycles. The third kappa shape index (κ3) is 5.01. The Morgan fingerprint density at radius 3 is 2.59 bits per heavy atom. The van der Waals surface area contributed by atoms with Gasteiger partial charge in [-0.3, -0.25) is 9.36 Å². The molecule has 0 saturated heterocycles. The third-order valence-electron chi connectivity index (χ3n) is 6.25. The Morgan fingerprint density at radius 1 is 1.03 bits per heavy atom. The van der Waals surface area contributed by atoms with Crippen molar-refractivity contribution in [3.63, 3.8) is 0 Å². The first-order chi connectivity index (χ1) is 15.7. The van der Waals surface area contributed by atoms with Crippen molar-refractivity contribution >= 4 is 11.8 Å². The minimum Gasteiger partial charge on any atom is -0.490 e. The van der Waals surface area contributed by atoms with Gasteiger partial charge in [0.25, 0.3) is 5.56 Å². The van der Waals surface area contributed by atoms with Crippen molar-refractivity contribution in [3.05, 3.63) is 82.3 Å². The fourth-order valence-corrected chi connectivity index (χ4v) is 5.45. The standard InChI is InChI=1S/C26H28N2O3S/c29-25-15-21(18-32-24-9-5-2-6-10-24)28-16-23(31-26(28)27-25)17-30-22-13-11-20(12-14-22)19-7-3-1-4-8-19/h2,5-6,9-15,19,23H,1,3-4,7-8,16-18H2. The molecule has 1 aliphatic carbocycles. The summed E-state index contributed by atoms with van der Waals surface area (Å²) in [6.07, 6.45) is 6.48. The lowest BCUT2D eigenvalue weighted by molar-refractivity contribution is 0.143. The van der Waals surface area contributed by atoms with Gasteiger partial charge in [-0.05, 0) is 48.6 Å². The third-order valence-corrected chi connectivity index (χ3v) is 7.30. The molecule has 1 atom stereocenters. The highest BCUT2D eigenvalue weighted by molar-refractivity contribution is 7.98. The molecule has 0 N–H and O–H groups in total. The molecule has 32 heavy (non-hydrogen) atoms. The van der Waals surface area contributed by atoms with Gasteiger partial charge in [-0.2, -0.15) is 4.98 Å². The molecule has 3 aromatic rings. The summed E-state index contributed by atoms with van der Waals surface area (Å²) < 4.78 is 13.9. The van der Waals surface area contributed by atoms with Gasteiger partial charge in [-0.1, -0.05) is 49.6 Å². The average Bonchev–Trinajstić information content (AvgIpc) is 3.25. The molecule has 1 fully saturated rings. The number of rotatable bonds is 7. The van der Waals surface area contributed by atoms with E-state index in [9.17, 15) is 4.79 Å². The van der Waals surface area contributed by atoms with Crippen LogP contribution in [0.2, 0.25) is 0 Å². The Hall–Kier alpha value is -2.73. The summed E-state index contributed by atoms with van der Waals surface area (Å²) >= 11 is 1.70. The van der Waals surface area contributed by atoms with Crippen molar-refractivity contribution < 1.29 is 9.47 Å². The van der Waals surface area contributed by atoms with Crippen LogP contribution in [0.4, 0.5) is 0 Å². The average molecular weight is 449 g/mol. The SMILES string of the molecule is O=c1cc(CSc2ccccc2)n2c(n1)OC(COc1ccc(C3CCCCC3)cc1)C2. The van der Waals surface area contributed by atoms with E-state index in [1.165, 1.54) is 42.6 Å². The minimum absolute atomic E-state index is 0.164. The number of ether oxygens (including phenoxy) is 2. The first-order valence-corrected chi connectivity index (χ1v) is 12.4. The van der Waals surface area contributed by atoms with E-state index in [0.717, 1.165) is 11.4 Å². The van der Waals surface area contributed by atoms with Crippen molar-refractivity contribution in [2.75, 3.05) is 6.61 Å². The minimum atomic E-state index is -0.264. The van der Waals surface area contributed by atoms with Gasteiger partial charge in [0.1, 0.15) is 12.4 Å². The first-order valence-electron chi connectivity index (χ1n) is 11.4. The molecule has 0 amide bonds. The second-order valence-electron chi connectivity index (χ2n) is 8.54. The molecule has 0 radical (unpaired) electrons. The van der Waals surface area contributed by atoms with Crippen LogP contribution in [0, 0.1) is 0 Å². The molecule has 2 aromatic carbocycles. The summed E-state index contributed by atoms with van der Waals surface area (Å²) in [5, 5.41) is 0. The van der Waals surface area contributed by atoms with Gasteiger partial charge in [-0.25, -0.2) is 0 Å². The molecule has 2 heterocycles. The maximum atomic E-state index is 12.1. The highest BCUT2D eigenvalue weighted by Crippen LogP contribution is 2.33. The quantitative estimate of drug-likeness (QED) is 0.452. The fraction of sp³-hybridized carbons (Fsp3) is 0.385. The second-order valence-corrected chi connectivity index (χ2v) is 9.58. The molecule has 0 bridgehead atoms. The molecule has 5 nitrogen and oxygen atoms in total. The molecule has 1 aromatic heterocycles. The van der Waals surface area contributed by atoms with Gasteiger partial charge in [0.15, 0.2) is 6.10 Å². The Balaban J connectivity index is 1.19. The summed E-state index contributed by atoms with van der Waals surface area (Å²) in [5.74, 6) is 2.24. The molecule has 6 heteroatoms. The lowest BCUT2D eigenvalue weighted by Gasteiger charge is -2.22. The zero-order valence-corrected chi connectivity index (χ0v) is 18.9. The monoisotopic (exact) mass is 448 g/mol. The number of benzene rings is 2. The van der Waals surface area contributed by atoms with Gasteiger partial charge in [0, 0.05) is 22.4 Å². The number of hydrogen-bond acceptors (Lipinski definition) is 5. The van der Waals surface area contributed by atoms with Crippen LogP contribution in [-0.4, -0.2) is 22.3 Å². The van der Waals surface area contributed by atoms with Gasteiger partial charge in [0.2, 0.25) is 0 Å². The Kier molecular flexibility index (Phi) is 6.49. The van der Waals surface area contributed by atoms with E-state index in [2.05, 4.69) is 41.4 Å². The number of fused-ring (bicyclic) bond motifs is 1. The van der Waals surface area contributed by atoms with Gasteiger partial charge >= 0.3 is 6.01 Å². The van der Waals surface area contributed by atoms with Crippen LogP contribution in [0.15, 0.2) is 70.4 Å². The van der Waals surface area contributed by atoms with Crippen LogP contribution in [0.1, 0.15) is 49.3 Å². The van der Waals surface area contributed by atoms with E-state index >= 15 is 0 Å². The van der Waals surface area contributed by atoms with E-state index < -0.39 is 0 Å². The van der Waals surface area contributed by atoms with Gasteiger partial charge in [0.05, 0.1) is 6.54 Å². The molecule has 5 rings (SSSR count). The Morgan fingerprint density at radius 2 is 1.81 bits per heavy atom. The van der Waals surface area contributed by atoms with Crippen LogP contribution < -0.4 is 15.0 Å². The summed E-state index contributed by atoms with van der Waals surface area (Å²) in [5.41, 5.74) is 2.08. The van der Waals surface area contributed by atoms with Crippen molar-refractivity contribution in [1.82, 2.24) is 9.55 Å². The fourth-order valence-electron chi connectivity index (χ4n) is 4.55. The lowest BCUT2D eigenvalue weighted by atomic mass is 9.84. The Labute approximate surface area is 192 Å². The zero-order chi connectivity index (χ0) is 21.8. The normalized spacial score (nSPS) is 18.2. The van der Waals surface area contributed by atoms with Crippen LogP contribution in [0.3, 0.4) is 0 Å².